The van der Waals surface area contributed by atoms with E-state index in [0.29, 0.717) is 0 Å². The third kappa shape index (κ3) is 2.80. The van der Waals surface area contributed by atoms with Crippen molar-refractivity contribution in [1.82, 2.24) is 9.55 Å². The summed E-state index contributed by atoms with van der Waals surface area (Å²) in [6.45, 7) is 1.01. The molecule has 144 valence electrons. The molecule has 1 aliphatic heterocycles. The number of alkyl halides is 5. The second kappa shape index (κ2) is 5.72. The van der Waals surface area contributed by atoms with Gasteiger partial charge >= 0.3 is 18.3 Å². The quantitative estimate of drug-likeness (QED) is 0.635. The Hall–Kier alpha value is -3.05. The molecule has 1 aromatic carbocycles. The molecular formula is C15H9F5N2O5. The summed E-state index contributed by atoms with van der Waals surface area (Å²) in [4.78, 5) is 14.9. The van der Waals surface area contributed by atoms with Gasteiger partial charge in [-0.25, -0.2) is 18.6 Å². The van der Waals surface area contributed by atoms with Gasteiger partial charge in [-0.05, 0) is 6.92 Å². The summed E-state index contributed by atoms with van der Waals surface area (Å²) in [5, 5.41) is 0. The molecule has 0 aliphatic carbocycles. The second-order valence-corrected chi connectivity index (χ2v) is 5.68. The summed E-state index contributed by atoms with van der Waals surface area (Å²) in [6.07, 6.45) is -10.3. The summed E-state index contributed by atoms with van der Waals surface area (Å²) >= 11 is 0. The Morgan fingerprint density at radius 3 is 2.63 bits per heavy atom. The lowest BCUT2D eigenvalue weighted by atomic mass is 10.2. The second-order valence-electron chi connectivity index (χ2n) is 5.68. The van der Waals surface area contributed by atoms with Crippen LogP contribution in [-0.2, 0) is 6.54 Å². The summed E-state index contributed by atoms with van der Waals surface area (Å²) < 4.78 is 86.0. The van der Waals surface area contributed by atoms with Crippen LogP contribution in [0.25, 0.3) is 11.0 Å². The minimum atomic E-state index is -4.25. The van der Waals surface area contributed by atoms with Crippen LogP contribution in [0.15, 0.2) is 25.8 Å². The molecule has 4 rings (SSSR count). The van der Waals surface area contributed by atoms with Crippen LogP contribution in [0, 0.1) is 6.92 Å². The molecule has 7 nitrogen and oxygen atoms in total. The van der Waals surface area contributed by atoms with Gasteiger partial charge in [0.1, 0.15) is 5.76 Å². The van der Waals surface area contributed by atoms with Gasteiger partial charge in [-0.1, -0.05) is 0 Å². The molecule has 3 heterocycles. The van der Waals surface area contributed by atoms with Crippen molar-refractivity contribution in [2.75, 3.05) is 0 Å². The van der Waals surface area contributed by atoms with Crippen LogP contribution in [-0.4, -0.2) is 22.0 Å². The topological polar surface area (TPSA) is 79.6 Å². The van der Waals surface area contributed by atoms with Crippen molar-refractivity contribution in [3.05, 3.63) is 40.1 Å². The van der Waals surface area contributed by atoms with Gasteiger partial charge in [0, 0.05) is 12.1 Å². The standard InChI is InChI=1S/C15H9F5N2O5/c1-5-10(26-14(23)24-5)4-22-7-3-9-8(25-13(18)15(19,20)27-9)2-6(7)21-12(22)11(16)17/h2-3,11,13H,4H2,1H3. The highest BCUT2D eigenvalue weighted by molar-refractivity contribution is 5.81. The molecule has 1 aliphatic rings. The molecule has 0 amide bonds. The van der Waals surface area contributed by atoms with E-state index in [0.717, 1.165) is 16.7 Å². The van der Waals surface area contributed by atoms with Crippen molar-refractivity contribution in [3.8, 4) is 11.5 Å². The number of aryl methyl sites for hydroxylation is 1. The molecule has 0 N–H and O–H groups in total. The highest BCUT2D eigenvalue weighted by Crippen LogP contribution is 2.43. The fourth-order valence-corrected chi connectivity index (χ4v) is 2.69. The third-order valence-corrected chi connectivity index (χ3v) is 3.92. The molecule has 1 atom stereocenters. The number of benzene rings is 1. The van der Waals surface area contributed by atoms with Crippen LogP contribution < -0.4 is 15.3 Å². The van der Waals surface area contributed by atoms with E-state index in [1.807, 2.05) is 0 Å². The number of ether oxygens (including phenoxy) is 2. The van der Waals surface area contributed by atoms with Gasteiger partial charge in [0.2, 0.25) is 0 Å². The number of hydrogen-bond acceptors (Lipinski definition) is 6. The number of nitrogens with zero attached hydrogens (tertiary/aromatic N) is 2. The molecule has 12 heteroatoms. The molecule has 0 saturated heterocycles. The van der Waals surface area contributed by atoms with Crippen LogP contribution in [0.3, 0.4) is 0 Å². The lowest BCUT2D eigenvalue weighted by Gasteiger charge is -2.28. The number of aromatic nitrogens is 2. The molecule has 0 fully saturated rings. The van der Waals surface area contributed by atoms with Crippen LogP contribution >= 0.6 is 0 Å². The Labute approximate surface area is 145 Å². The van der Waals surface area contributed by atoms with Crippen molar-refractivity contribution in [2.24, 2.45) is 0 Å². The zero-order valence-electron chi connectivity index (χ0n) is 13.3. The van der Waals surface area contributed by atoms with E-state index in [-0.39, 0.29) is 29.1 Å². The fourth-order valence-electron chi connectivity index (χ4n) is 2.69. The maximum Gasteiger partial charge on any atom is 0.519 e. The predicted molar refractivity (Wildman–Crippen MR) is 76.9 cm³/mol. The predicted octanol–water partition coefficient (Wildman–Crippen LogP) is 3.54. The molecule has 0 bridgehead atoms. The maximum atomic E-state index is 13.4. The first-order valence-electron chi connectivity index (χ1n) is 7.45. The first-order chi connectivity index (χ1) is 12.7. The maximum absolute atomic E-state index is 13.4. The van der Waals surface area contributed by atoms with E-state index in [9.17, 15) is 26.7 Å². The fraction of sp³-hybridized carbons (Fsp3) is 0.333. The molecule has 1 unspecified atom stereocenters. The summed E-state index contributed by atoms with van der Waals surface area (Å²) in [5.41, 5.74) is -0.113. The largest absolute Gasteiger partial charge is 0.519 e. The molecule has 2 aromatic heterocycles. The average Bonchev–Trinajstić information content (AvgIpc) is 3.06. The van der Waals surface area contributed by atoms with Crippen molar-refractivity contribution in [1.29, 1.82) is 0 Å². The van der Waals surface area contributed by atoms with Crippen LogP contribution in [0.5, 0.6) is 11.5 Å². The SMILES string of the molecule is Cc1oc(=O)oc1Cn1c(C(F)F)nc2cc3c(cc21)OC(F)(F)C(F)O3. The van der Waals surface area contributed by atoms with Crippen molar-refractivity contribution < 1.29 is 40.3 Å². The lowest BCUT2D eigenvalue weighted by molar-refractivity contribution is -0.281. The smallest absolute Gasteiger partial charge is 0.447 e. The van der Waals surface area contributed by atoms with Gasteiger partial charge in [0.15, 0.2) is 23.1 Å². The Kier molecular flexibility index (Phi) is 3.68. The third-order valence-electron chi connectivity index (χ3n) is 3.92. The first-order valence-corrected chi connectivity index (χ1v) is 7.45. The Balaban J connectivity index is 1.88. The minimum absolute atomic E-state index is 0.0380. The van der Waals surface area contributed by atoms with Crippen molar-refractivity contribution >= 4 is 11.0 Å². The van der Waals surface area contributed by atoms with Gasteiger partial charge < -0.3 is 22.9 Å². The number of hydrogen-bond donors (Lipinski definition) is 0. The number of rotatable bonds is 3. The van der Waals surface area contributed by atoms with Gasteiger partial charge in [-0.15, -0.1) is 0 Å². The Morgan fingerprint density at radius 2 is 2.00 bits per heavy atom. The van der Waals surface area contributed by atoms with Gasteiger partial charge in [0.05, 0.1) is 17.6 Å². The van der Waals surface area contributed by atoms with Crippen molar-refractivity contribution in [2.45, 2.75) is 32.4 Å². The Bertz CT molecular complexity index is 1090. The van der Waals surface area contributed by atoms with Gasteiger partial charge in [-0.3, -0.25) is 0 Å². The molecular weight excluding hydrogens is 383 g/mol. The highest BCUT2D eigenvalue weighted by atomic mass is 19.3. The van der Waals surface area contributed by atoms with Gasteiger partial charge in [-0.2, -0.15) is 13.2 Å². The minimum Gasteiger partial charge on any atom is -0.447 e. The van der Waals surface area contributed by atoms with E-state index < -0.39 is 42.0 Å². The summed E-state index contributed by atoms with van der Waals surface area (Å²) in [6, 6.07) is 1.98. The molecule has 0 spiro atoms. The lowest BCUT2D eigenvalue weighted by Crippen LogP contribution is -2.43. The summed E-state index contributed by atoms with van der Waals surface area (Å²) in [7, 11) is 0. The van der Waals surface area contributed by atoms with Crippen LogP contribution in [0.1, 0.15) is 23.8 Å². The zero-order chi connectivity index (χ0) is 19.5. The average molecular weight is 392 g/mol. The van der Waals surface area contributed by atoms with E-state index in [1.165, 1.54) is 6.92 Å². The zero-order valence-corrected chi connectivity index (χ0v) is 13.3. The first kappa shape index (κ1) is 17.4. The Morgan fingerprint density at radius 1 is 1.26 bits per heavy atom. The number of halogens is 5. The van der Waals surface area contributed by atoms with E-state index in [2.05, 4.69) is 18.9 Å². The summed E-state index contributed by atoms with van der Waals surface area (Å²) in [5.74, 6) is -2.68. The van der Waals surface area contributed by atoms with Crippen LogP contribution in [0.2, 0.25) is 0 Å². The van der Waals surface area contributed by atoms with E-state index in [4.69, 9.17) is 4.42 Å². The number of imidazole rings is 1. The molecule has 0 radical (unpaired) electrons. The van der Waals surface area contributed by atoms with E-state index in [1.54, 1.807) is 0 Å². The van der Waals surface area contributed by atoms with E-state index >= 15 is 0 Å². The monoisotopic (exact) mass is 392 g/mol. The molecule has 3 aromatic rings. The highest BCUT2D eigenvalue weighted by Gasteiger charge is 2.49. The molecule has 0 saturated carbocycles. The normalized spacial score (nSPS) is 18.4. The van der Waals surface area contributed by atoms with Gasteiger partial charge in [0.25, 0.3) is 6.43 Å². The number of fused-ring (bicyclic) bond motifs is 2. The van der Waals surface area contributed by atoms with Crippen molar-refractivity contribution in [3.63, 3.8) is 0 Å². The molecule has 27 heavy (non-hydrogen) atoms. The van der Waals surface area contributed by atoms with Crippen LogP contribution in [0.4, 0.5) is 22.0 Å².